The predicted octanol–water partition coefficient (Wildman–Crippen LogP) is 6.55. The third kappa shape index (κ3) is 17.4. The van der Waals surface area contributed by atoms with Crippen LogP contribution in [-0.2, 0) is 26.7 Å². The number of carbonyl (C=O) groups excluding carboxylic acids is 6. The van der Waals surface area contributed by atoms with Crippen LogP contribution in [0.5, 0.6) is 11.5 Å². The first-order chi connectivity index (χ1) is 29.6. The Morgan fingerprint density at radius 2 is 0.587 bits per heavy atom. The first-order valence-electron chi connectivity index (χ1n) is 19.0. The topological polar surface area (TPSA) is 203 Å². The molecule has 0 spiro atoms. The maximum atomic E-state index is 12.7. The van der Waals surface area contributed by atoms with Gasteiger partial charge in [0.15, 0.2) is 0 Å². The number of rotatable bonds is 10. The maximum Gasteiger partial charge on any atom is 2.00 e. The number of anilines is 4. The van der Waals surface area contributed by atoms with Crippen LogP contribution in [0.15, 0.2) is 146 Å². The summed E-state index contributed by atoms with van der Waals surface area (Å²) in [5.74, 6) is -3.37. The number of aryl methyl sites for hydroxylation is 2. The van der Waals surface area contributed by atoms with Gasteiger partial charge in [0.2, 0.25) is 12.8 Å². The Morgan fingerprint density at radius 3 is 0.746 bits per heavy atom. The Morgan fingerprint density at radius 1 is 0.413 bits per heavy atom. The zero-order valence-corrected chi connectivity index (χ0v) is 36.4. The molecule has 14 nitrogen and oxygen atoms in total. The van der Waals surface area contributed by atoms with E-state index in [2.05, 4.69) is 21.3 Å². The minimum atomic E-state index is -0.600. The van der Waals surface area contributed by atoms with E-state index in [-0.39, 0.29) is 39.3 Å². The molecule has 0 aliphatic carbocycles. The maximum absolute atomic E-state index is 12.7. The molecule has 329 valence electrons. The van der Waals surface area contributed by atoms with E-state index in [0.29, 0.717) is 33.9 Å². The van der Waals surface area contributed by atoms with Gasteiger partial charge in [-0.15, -0.1) is 0 Å². The number of hydrogen-bond donors (Lipinski definition) is 4. The largest absolute Gasteiger partial charge is 2.00 e. The molecule has 0 saturated carbocycles. The van der Waals surface area contributed by atoms with Crippen LogP contribution in [0.25, 0.3) is 0 Å². The molecule has 0 heterocycles. The van der Waals surface area contributed by atoms with E-state index < -0.39 is 35.1 Å². The van der Waals surface area contributed by atoms with Crippen molar-refractivity contribution in [2.75, 3.05) is 49.5 Å². The molecule has 6 rings (SSSR count). The third-order valence-electron chi connectivity index (χ3n) is 7.99. The molecule has 6 aromatic rings. The van der Waals surface area contributed by atoms with Gasteiger partial charge in [-0.1, -0.05) is 84.3 Å². The first kappa shape index (κ1) is 51.4. The minimum absolute atomic E-state index is 0. The number of carbonyl (C=O) groups is 6. The van der Waals surface area contributed by atoms with Gasteiger partial charge in [-0.05, 0) is 97.8 Å². The van der Waals surface area contributed by atoms with Crippen molar-refractivity contribution in [2.24, 2.45) is 0 Å². The first-order valence-corrected chi connectivity index (χ1v) is 19.0. The molecule has 0 aliphatic rings. The van der Waals surface area contributed by atoms with Crippen LogP contribution in [0.4, 0.5) is 22.7 Å². The molecule has 0 atom stereocenters. The fourth-order valence-corrected chi connectivity index (χ4v) is 5.10. The smallest absolute Gasteiger partial charge is 0.871 e. The van der Waals surface area contributed by atoms with E-state index in [1.165, 1.54) is 34.1 Å². The van der Waals surface area contributed by atoms with E-state index >= 15 is 0 Å². The van der Waals surface area contributed by atoms with E-state index in [1.54, 1.807) is 139 Å². The normalized spacial score (nSPS) is 9.49. The van der Waals surface area contributed by atoms with Crippen molar-refractivity contribution < 1.29 is 56.0 Å². The average Bonchev–Trinajstić information content (AvgIpc) is 3.26. The summed E-state index contributed by atoms with van der Waals surface area (Å²) < 4.78 is 0. The van der Waals surface area contributed by atoms with Crippen LogP contribution >= 0.6 is 0 Å². The molecule has 4 N–H and O–H groups in total. The summed E-state index contributed by atoms with van der Waals surface area (Å²) in [6.07, 6.45) is 1.50. The fourth-order valence-electron chi connectivity index (χ4n) is 5.10. The van der Waals surface area contributed by atoms with Crippen molar-refractivity contribution in [3.8, 4) is 11.5 Å². The molecule has 6 aromatic carbocycles. The molecule has 0 unspecified atom stereocenters. The summed E-state index contributed by atoms with van der Waals surface area (Å²) in [5.41, 5.74) is 3.37. The Kier molecular flexibility index (Phi) is 21.6. The molecule has 15 heteroatoms. The number of nitrogens with one attached hydrogen (secondary N) is 4. The Bertz CT molecular complexity index is 2100. The SMILES string of the molecule is CN(C)C=O.CN(C)C=O.Cc1cc(C(=O)Nc2ccccc2)c([O-])c(C(=O)Nc2ccccc2)c1.Cc1cc(C(=O)Nc2ccccc2)c([O-])c(C(=O)Nc2ccccc2)c1.[Cu+2]. The molecule has 0 fully saturated rings. The molecule has 6 amide bonds. The number of nitrogens with zero attached hydrogens (tertiary/aromatic N) is 2. The summed E-state index contributed by atoms with van der Waals surface area (Å²) in [6, 6.07) is 41.3. The van der Waals surface area contributed by atoms with Crippen molar-refractivity contribution >= 4 is 59.2 Å². The Labute approximate surface area is 377 Å². The summed E-state index contributed by atoms with van der Waals surface area (Å²) in [5, 5.41) is 36.0. The number of benzene rings is 6. The average molecular weight is 900 g/mol. The molecule has 1 radical (unpaired) electrons. The third-order valence-corrected chi connectivity index (χ3v) is 7.99. The second kappa shape index (κ2) is 26.5. The van der Waals surface area contributed by atoms with Crippen LogP contribution in [0.3, 0.4) is 0 Å². The summed E-state index contributed by atoms with van der Waals surface area (Å²) in [4.78, 5) is 71.7. The number of para-hydroxylation sites is 4. The van der Waals surface area contributed by atoms with Gasteiger partial charge in [-0.2, -0.15) is 0 Å². The van der Waals surface area contributed by atoms with Crippen LogP contribution in [0.2, 0.25) is 0 Å². The summed E-state index contributed by atoms with van der Waals surface area (Å²) >= 11 is 0. The zero-order chi connectivity index (χ0) is 45.6. The molecule has 0 bridgehead atoms. The van der Waals surface area contributed by atoms with Gasteiger partial charge in [0.1, 0.15) is 0 Å². The molecule has 0 aliphatic heterocycles. The van der Waals surface area contributed by atoms with Gasteiger partial charge in [-0.25, -0.2) is 0 Å². The van der Waals surface area contributed by atoms with E-state index in [9.17, 15) is 39.0 Å². The van der Waals surface area contributed by atoms with Crippen molar-refractivity contribution in [1.82, 2.24) is 9.80 Å². The van der Waals surface area contributed by atoms with E-state index in [0.717, 1.165) is 12.8 Å². The van der Waals surface area contributed by atoms with Crippen molar-refractivity contribution in [1.29, 1.82) is 0 Å². The summed E-state index contributed by atoms with van der Waals surface area (Å²) in [6.45, 7) is 3.47. The molecule has 0 aromatic heterocycles. The van der Waals surface area contributed by atoms with Gasteiger partial charge in [-0.3, -0.25) is 28.8 Å². The molecular weight excluding hydrogens is 852 g/mol. The van der Waals surface area contributed by atoms with Crippen LogP contribution in [-0.4, -0.2) is 74.4 Å². The van der Waals surface area contributed by atoms with E-state index in [1.807, 2.05) is 24.3 Å². The quantitative estimate of drug-likeness (QED) is 0.0875. The van der Waals surface area contributed by atoms with Crippen molar-refractivity contribution in [3.05, 3.63) is 179 Å². The van der Waals surface area contributed by atoms with Gasteiger partial charge in [0, 0.05) is 73.2 Å². The monoisotopic (exact) mass is 899 g/mol. The van der Waals surface area contributed by atoms with Gasteiger partial charge in [0.25, 0.3) is 23.6 Å². The zero-order valence-electron chi connectivity index (χ0n) is 35.5. The second-order valence-electron chi connectivity index (χ2n) is 13.8. The fraction of sp³-hybridized carbons (Fsp3) is 0.125. The van der Waals surface area contributed by atoms with Gasteiger partial charge in [0.05, 0.1) is 0 Å². The second-order valence-corrected chi connectivity index (χ2v) is 13.8. The Balaban J connectivity index is 0.000000352. The Hall–Kier alpha value is -7.74. The van der Waals surface area contributed by atoms with Gasteiger partial charge >= 0.3 is 17.1 Å². The molecule has 63 heavy (non-hydrogen) atoms. The predicted molar refractivity (Wildman–Crippen MR) is 238 cm³/mol. The van der Waals surface area contributed by atoms with Crippen LogP contribution < -0.4 is 31.5 Å². The minimum Gasteiger partial charge on any atom is -0.871 e. The van der Waals surface area contributed by atoms with Crippen molar-refractivity contribution in [3.63, 3.8) is 0 Å². The molecule has 0 saturated heterocycles. The standard InChI is InChI=1S/2C21H18N2O3.2C3H7NO.Cu/c2*1-14-12-17(20(25)22-15-8-4-2-5-9-15)19(24)18(13-14)21(26)23-16-10-6-3-7-11-16;2*1-4(2)3-5;/h2*2-13,24H,1H3,(H,22,25)(H,23,26);2*3H,1-2H3;/q;;;;+2/p-2. The van der Waals surface area contributed by atoms with Crippen LogP contribution in [0.1, 0.15) is 52.6 Å². The van der Waals surface area contributed by atoms with Gasteiger partial charge < -0.3 is 41.3 Å². The van der Waals surface area contributed by atoms with Crippen molar-refractivity contribution in [2.45, 2.75) is 13.8 Å². The number of amides is 6. The summed E-state index contributed by atoms with van der Waals surface area (Å²) in [7, 11) is 6.75. The van der Waals surface area contributed by atoms with Crippen LogP contribution in [0, 0.1) is 13.8 Å². The number of hydrogen-bond acceptors (Lipinski definition) is 8. The molecular formula is C48H48CuN6O8. The van der Waals surface area contributed by atoms with E-state index in [4.69, 9.17) is 0 Å².